The van der Waals surface area contributed by atoms with Gasteiger partial charge in [-0.25, -0.2) is 18.2 Å². The topological polar surface area (TPSA) is 120 Å². The van der Waals surface area contributed by atoms with Crippen molar-refractivity contribution in [2.45, 2.75) is 4.90 Å². The Bertz CT molecular complexity index is 823. The Kier molecular flexibility index (Phi) is 3.86. The molecule has 0 radical (unpaired) electrons. The van der Waals surface area contributed by atoms with Crippen molar-refractivity contribution in [3.8, 4) is 6.07 Å². The van der Waals surface area contributed by atoms with Crippen molar-refractivity contribution in [2.24, 2.45) is 0 Å². The summed E-state index contributed by atoms with van der Waals surface area (Å²) in [7, 11) is -3.96. The summed E-state index contributed by atoms with van der Waals surface area (Å²) in [5.41, 5.74) is -0.203. The fourth-order valence-corrected chi connectivity index (χ4v) is 2.64. The number of nitrogens with one attached hydrogen (secondary N) is 1. The van der Waals surface area contributed by atoms with Gasteiger partial charge < -0.3 is 5.11 Å². The Morgan fingerprint density at radius 1 is 1.24 bits per heavy atom. The van der Waals surface area contributed by atoms with E-state index in [0.717, 1.165) is 0 Å². The van der Waals surface area contributed by atoms with E-state index in [1.165, 1.54) is 42.6 Å². The van der Waals surface area contributed by atoms with Crippen LogP contribution in [0.2, 0.25) is 0 Å². The van der Waals surface area contributed by atoms with Gasteiger partial charge in [0.2, 0.25) is 0 Å². The van der Waals surface area contributed by atoms with Crippen LogP contribution in [0.3, 0.4) is 0 Å². The van der Waals surface area contributed by atoms with E-state index in [1.54, 1.807) is 0 Å². The van der Waals surface area contributed by atoms with Crippen LogP contribution < -0.4 is 4.72 Å². The van der Waals surface area contributed by atoms with E-state index in [-0.39, 0.29) is 10.6 Å². The molecule has 1 aromatic heterocycles. The van der Waals surface area contributed by atoms with Crippen LogP contribution in [-0.4, -0.2) is 24.5 Å². The zero-order valence-electron chi connectivity index (χ0n) is 10.5. The second kappa shape index (κ2) is 5.60. The molecule has 0 fully saturated rings. The molecule has 0 amide bonds. The Balaban J connectivity index is 2.38. The second-order valence-electron chi connectivity index (χ2n) is 3.95. The molecule has 8 heteroatoms. The third-order valence-corrected chi connectivity index (χ3v) is 3.93. The van der Waals surface area contributed by atoms with Gasteiger partial charge in [-0.05, 0) is 36.4 Å². The first-order valence-corrected chi connectivity index (χ1v) is 7.13. The first-order chi connectivity index (χ1) is 9.94. The molecule has 7 nitrogen and oxygen atoms in total. The van der Waals surface area contributed by atoms with Crippen LogP contribution in [0.1, 0.15) is 16.1 Å². The first-order valence-electron chi connectivity index (χ1n) is 5.65. The molecule has 2 rings (SSSR count). The fourth-order valence-electron chi connectivity index (χ4n) is 1.57. The number of carbonyl (C=O) groups is 1. The van der Waals surface area contributed by atoms with Crippen molar-refractivity contribution >= 4 is 21.7 Å². The number of nitriles is 1. The minimum Gasteiger partial charge on any atom is -0.476 e. The normalized spacial score (nSPS) is 10.6. The molecule has 0 bridgehead atoms. The summed E-state index contributed by atoms with van der Waals surface area (Å²) in [4.78, 5) is 14.5. The molecule has 21 heavy (non-hydrogen) atoms. The highest BCUT2D eigenvalue weighted by Gasteiger charge is 2.19. The smallest absolute Gasteiger partial charge is 0.356 e. The van der Waals surface area contributed by atoms with Crippen LogP contribution >= 0.6 is 0 Å². The van der Waals surface area contributed by atoms with Crippen molar-refractivity contribution in [3.63, 3.8) is 0 Å². The molecule has 0 unspecified atom stereocenters. The molecular formula is C13H9N3O4S. The summed E-state index contributed by atoms with van der Waals surface area (Å²) < 4.78 is 26.5. The van der Waals surface area contributed by atoms with Gasteiger partial charge in [-0.3, -0.25) is 4.72 Å². The average Bonchev–Trinajstić information content (AvgIpc) is 2.47. The van der Waals surface area contributed by atoms with Gasteiger partial charge in [0.05, 0.1) is 22.2 Å². The molecule has 1 aromatic carbocycles. The zero-order chi connectivity index (χ0) is 15.5. The minimum absolute atomic E-state index is 0.0818. The van der Waals surface area contributed by atoms with E-state index in [4.69, 9.17) is 10.4 Å². The number of carboxylic acids is 1. The Morgan fingerprint density at radius 2 is 1.90 bits per heavy atom. The number of hydrogen-bond acceptors (Lipinski definition) is 5. The van der Waals surface area contributed by atoms with E-state index < -0.39 is 21.7 Å². The molecule has 0 saturated carbocycles. The van der Waals surface area contributed by atoms with Gasteiger partial charge in [0.25, 0.3) is 10.0 Å². The van der Waals surface area contributed by atoms with Crippen LogP contribution in [0, 0.1) is 11.3 Å². The molecule has 0 spiro atoms. The van der Waals surface area contributed by atoms with E-state index in [9.17, 15) is 13.2 Å². The standard InChI is InChI=1S/C13H9N3O4S/c14-8-9-3-5-10(6-4-9)21(19,20)16-11-2-1-7-15-12(11)13(17)18/h1-7,16H,(H,17,18). The number of aromatic nitrogens is 1. The van der Waals surface area contributed by atoms with E-state index in [0.29, 0.717) is 5.56 Å². The van der Waals surface area contributed by atoms with E-state index >= 15 is 0 Å². The summed E-state index contributed by atoms with van der Waals surface area (Å²) in [6.07, 6.45) is 1.25. The molecule has 0 aliphatic carbocycles. The van der Waals surface area contributed by atoms with Crippen molar-refractivity contribution in [2.75, 3.05) is 4.72 Å². The molecule has 0 aliphatic heterocycles. The zero-order valence-corrected chi connectivity index (χ0v) is 11.3. The number of nitrogens with zero attached hydrogens (tertiary/aromatic N) is 2. The summed E-state index contributed by atoms with van der Waals surface area (Å²) in [5.74, 6) is -1.34. The first kappa shape index (κ1) is 14.5. The molecule has 2 aromatic rings. The SMILES string of the molecule is N#Cc1ccc(S(=O)(=O)Nc2cccnc2C(=O)O)cc1. The van der Waals surface area contributed by atoms with Crippen LogP contribution in [0.4, 0.5) is 5.69 Å². The van der Waals surface area contributed by atoms with Gasteiger partial charge in [0, 0.05) is 6.20 Å². The van der Waals surface area contributed by atoms with Crippen molar-refractivity contribution in [3.05, 3.63) is 53.9 Å². The molecule has 0 aliphatic rings. The van der Waals surface area contributed by atoms with Gasteiger partial charge in [-0.2, -0.15) is 5.26 Å². The molecular weight excluding hydrogens is 294 g/mol. The van der Waals surface area contributed by atoms with Crippen molar-refractivity contribution in [1.82, 2.24) is 4.98 Å². The lowest BCUT2D eigenvalue weighted by atomic mass is 10.2. The quantitative estimate of drug-likeness (QED) is 0.882. The van der Waals surface area contributed by atoms with Crippen LogP contribution in [0.25, 0.3) is 0 Å². The van der Waals surface area contributed by atoms with Crippen LogP contribution in [-0.2, 0) is 10.0 Å². The Hall–Kier alpha value is -2.92. The highest BCUT2D eigenvalue weighted by atomic mass is 32.2. The highest BCUT2D eigenvalue weighted by molar-refractivity contribution is 7.92. The monoisotopic (exact) mass is 303 g/mol. The van der Waals surface area contributed by atoms with Crippen molar-refractivity contribution < 1.29 is 18.3 Å². The number of carboxylic acid groups (broad SMARTS) is 1. The van der Waals surface area contributed by atoms with Gasteiger partial charge in [-0.1, -0.05) is 0 Å². The molecule has 1 heterocycles. The van der Waals surface area contributed by atoms with Crippen molar-refractivity contribution in [1.29, 1.82) is 5.26 Å². The predicted molar refractivity (Wildman–Crippen MR) is 73.2 cm³/mol. The van der Waals surface area contributed by atoms with Gasteiger partial charge in [0.1, 0.15) is 0 Å². The second-order valence-corrected chi connectivity index (χ2v) is 5.63. The number of sulfonamides is 1. The summed E-state index contributed by atoms with van der Waals surface area (Å²) >= 11 is 0. The molecule has 0 atom stereocenters. The highest BCUT2D eigenvalue weighted by Crippen LogP contribution is 2.18. The Morgan fingerprint density at radius 3 is 2.48 bits per heavy atom. The maximum atomic E-state index is 12.2. The van der Waals surface area contributed by atoms with Gasteiger partial charge in [0.15, 0.2) is 5.69 Å². The lowest BCUT2D eigenvalue weighted by molar-refractivity contribution is 0.0692. The summed E-state index contributed by atoms with van der Waals surface area (Å²) in [5, 5.41) is 17.6. The number of pyridine rings is 1. The number of benzene rings is 1. The predicted octanol–water partition coefficient (Wildman–Crippen LogP) is 1.45. The Labute approximate surface area is 120 Å². The van der Waals surface area contributed by atoms with Gasteiger partial charge >= 0.3 is 5.97 Å². The third kappa shape index (κ3) is 3.16. The fraction of sp³-hybridized carbons (Fsp3) is 0. The number of rotatable bonds is 4. The van der Waals surface area contributed by atoms with Gasteiger partial charge in [-0.15, -0.1) is 0 Å². The summed E-state index contributed by atoms with van der Waals surface area (Å²) in [6.45, 7) is 0. The number of hydrogen-bond donors (Lipinski definition) is 2. The lowest BCUT2D eigenvalue weighted by Gasteiger charge is -2.09. The molecule has 106 valence electrons. The van der Waals surface area contributed by atoms with Crippen LogP contribution in [0.15, 0.2) is 47.5 Å². The average molecular weight is 303 g/mol. The number of anilines is 1. The maximum absolute atomic E-state index is 12.2. The van der Waals surface area contributed by atoms with E-state index in [2.05, 4.69) is 9.71 Å². The lowest BCUT2D eigenvalue weighted by Crippen LogP contribution is -2.16. The third-order valence-electron chi connectivity index (χ3n) is 2.55. The number of aromatic carboxylic acids is 1. The van der Waals surface area contributed by atoms with E-state index in [1.807, 2.05) is 6.07 Å². The largest absolute Gasteiger partial charge is 0.476 e. The minimum atomic E-state index is -3.96. The molecule has 2 N–H and O–H groups in total. The maximum Gasteiger partial charge on any atom is 0.356 e. The summed E-state index contributed by atoms with van der Waals surface area (Å²) in [6, 6.07) is 9.84. The molecule has 0 saturated heterocycles. The van der Waals surface area contributed by atoms with Crippen LogP contribution in [0.5, 0.6) is 0 Å².